The van der Waals surface area contributed by atoms with E-state index < -0.39 is 6.10 Å². The zero-order chi connectivity index (χ0) is 10.7. The number of halogens is 1. The van der Waals surface area contributed by atoms with Gasteiger partial charge in [-0.25, -0.2) is 0 Å². The summed E-state index contributed by atoms with van der Waals surface area (Å²) in [5.74, 6) is 0.453. The van der Waals surface area contributed by atoms with Crippen LogP contribution in [0.4, 0.5) is 0 Å². The molecule has 2 N–H and O–H groups in total. The molecule has 1 aromatic carbocycles. The van der Waals surface area contributed by atoms with E-state index >= 15 is 0 Å². The summed E-state index contributed by atoms with van der Waals surface area (Å²) in [6, 6.07) is 3.30. The Labute approximate surface area is 91.5 Å². The minimum Gasteiger partial charge on any atom is -0.503 e. The zero-order valence-electron chi connectivity index (χ0n) is 8.12. The number of aromatic hydroxyl groups is 1. The third-order valence-corrected chi connectivity index (χ3v) is 2.44. The number of phenolic OH excluding ortho intramolecular Hbond substituents is 1. The van der Waals surface area contributed by atoms with E-state index in [-0.39, 0.29) is 5.75 Å². The second-order valence-corrected chi connectivity index (χ2v) is 3.81. The topological polar surface area (TPSA) is 49.7 Å². The van der Waals surface area contributed by atoms with E-state index in [1.165, 1.54) is 0 Å². The first kappa shape index (κ1) is 11.3. The lowest BCUT2D eigenvalue weighted by Gasteiger charge is -2.11. The molecule has 1 rings (SSSR count). The highest BCUT2D eigenvalue weighted by Crippen LogP contribution is 2.36. The summed E-state index contributed by atoms with van der Waals surface area (Å²) in [7, 11) is 0. The normalized spacial score (nSPS) is 12.6. The molecule has 4 heteroatoms. The molecular weight excluding hydrogens is 248 g/mol. The Morgan fingerprint density at radius 3 is 2.64 bits per heavy atom. The van der Waals surface area contributed by atoms with E-state index in [1.54, 1.807) is 19.1 Å². The second-order valence-electron chi connectivity index (χ2n) is 2.96. The second kappa shape index (κ2) is 4.66. The van der Waals surface area contributed by atoms with Crippen LogP contribution < -0.4 is 4.74 Å². The first-order valence-corrected chi connectivity index (χ1v) is 5.18. The van der Waals surface area contributed by atoms with Crippen LogP contribution in [0, 0.1) is 0 Å². The van der Waals surface area contributed by atoms with Gasteiger partial charge in [-0.15, -0.1) is 0 Å². The van der Waals surface area contributed by atoms with Crippen LogP contribution in [-0.2, 0) is 0 Å². The van der Waals surface area contributed by atoms with Crippen LogP contribution in [0.5, 0.6) is 11.5 Å². The maximum absolute atomic E-state index is 9.58. The van der Waals surface area contributed by atoms with Crippen molar-refractivity contribution in [3.8, 4) is 11.5 Å². The fourth-order valence-electron chi connectivity index (χ4n) is 1.10. The van der Waals surface area contributed by atoms with Crippen molar-refractivity contribution in [2.75, 3.05) is 6.61 Å². The third-order valence-electron chi connectivity index (χ3n) is 1.83. The lowest BCUT2D eigenvalue weighted by molar-refractivity contribution is 0.198. The molecule has 0 aromatic heterocycles. The number of hydrogen-bond donors (Lipinski definition) is 2. The lowest BCUT2D eigenvalue weighted by atomic mass is 10.1. The van der Waals surface area contributed by atoms with Crippen LogP contribution in [0.2, 0.25) is 0 Å². The van der Waals surface area contributed by atoms with E-state index in [2.05, 4.69) is 15.9 Å². The average Bonchev–Trinajstić information content (AvgIpc) is 2.12. The van der Waals surface area contributed by atoms with Gasteiger partial charge in [0.2, 0.25) is 0 Å². The van der Waals surface area contributed by atoms with Gasteiger partial charge in [0.25, 0.3) is 0 Å². The van der Waals surface area contributed by atoms with Gasteiger partial charge in [-0.05, 0) is 47.5 Å². The predicted octanol–water partition coefficient (Wildman–Crippen LogP) is 2.61. The monoisotopic (exact) mass is 260 g/mol. The predicted molar refractivity (Wildman–Crippen MR) is 57.6 cm³/mol. The average molecular weight is 261 g/mol. The Balaban J connectivity index is 3.14. The number of hydrogen-bond acceptors (Lipinski definition) is 3. The van der Waals surface area contributed by atoms with Gasteiger partial charge < -0.3 is 14.9 Å². The Kier molecular flexibility index (Phi) is 3.77. The fourth-order valence-corrected chi connectivity index (χ4v) is 1.56. The molecule has 14 heavy (non-hydrogen) atoms. The van der Waals surface area contributed by atoms with Crippen LogP contribution >= 0.6 is 15.9 Å². The highest BCUT2D eigenvalue weighted by atomic mass is 79.9. The summed E-state index contributed by atoms with van der Waals surface area (Å²) in [6.45, 7) is 3.97. The van der Waals surface area contributed by atoms with Crippen molar-refractivity contribution < 1.29 is 14.9 Å². The Morgan fingerprint density at radius 1 is 1.50 bits per heavy atom. The molecule has 0 amide bonds. The summed E-state index contributed by atoms with van der Waals surface area (Å²) in [4.78, 5) is 0. The molecule has 1 aromatic rings. The molecule has 0 aliphatic rings. The van der Waals surface area contributed by atoms with Gasteiger partial charge in [0.1, 0.15) is 0 Å². The summed E-state index contributed by atoms with van der Waals surface area (Å²) in [6.07, 6.45) is -0.578. The van der Waals surface area contributed by atoms with Gasteiger partial charge in [0.15, 0.2) is 11.5 Å². The molecule has 0 unspecified atom stereocenters. The first-order valence-electron chi connectivity index (χ1n) is 4.39. The van der Waals surface area contributed by atoms with Gasteiger partial charge in [-0.3, -0.25) is 0 Å². The number of phenols is 1. The molecule has 0 bridgehead atoms. The molecule has 3 nitrogen and oxygen atoms in total. The van der Waals surface area contributed by atoms with Crippen molar-refractivity contribution in [2.45, 2.75) is 20.0 Å². The minimum atomic E-state index is -0.578. The SMILES string of the molecule is CCOc1cc([C@@H](C)O)cc(Br)c1O. The van der Waals surface area contributed by atoms with Crippen LogP contribution in [-0.4, -0.2) is 16.8 Å². The van der Waals surface area contributed by atoms with Crippen molar-refractivity contribution in [3.63, 3.8) is 0 Å². The molecule has 0 saturated heterocycles. The summed E-state index contributed by atoms with van der Waals surface area (Å²) in [5.41, 5.74) is 0.707. The van der Waals surface area contributed by atoms with Crippen molar-refractivity contribution in [2.24, 2.45) is 0 Å². The van der Waals surface area contributed by atoms with E-state index in [4.69, 9.17) is 4.74 Å². The van der Waals surface area contributed by atoms with E-state index in [0.717, 1.165) is 0 Å². The number of aliphatic hydroxyl groups excluding tert-OH is 1. The minimum absolute atomic E-state index is 0.0660. The van der Waals surface area contributed by atoms with Crippen LogP contribution in [0.15, 0.2) is 16.6 Å². The standard InChI is InChI=1S/C10H13BrO3/c1-3-14-9-5-7(6(2)12)4-8(11)10(9)13/h4-6,12-13H,3H2,1-2H3/t6-/m1/s1. The number of benzene rings is 1. The first-order chi connectivity index (χ1) is 6.56. The maximum atomic E-state index is 9.58. The van der Waals surface area contributed by atoms with Crippen molar-refractivity contribution in [1.82, 2.24) is 0 Å². The van der Waals surface area contributed by atoms with Gasteiger partial charge in [0, 0.05) is 0 Å². The Hall–Kier alpha value is -0.740. The molecule has 0 aliphatic carbocycles. The van der Waals surface area contributed by atoms with Crippen molar-refractivity contribution in [3.05, 3.63) is 22.2 Å². The van der Waals surface area contributed by atoms with Gasteiger partial charge in [-0.1, -0.05) is 0 Å². The lowest BCUT2D eigenvalue weighted by Crippen LogP contribution is -1.96. The van der Waals surface area contributed by atoms with Crippen molar-refractivity contribution >= 4 is 15.9 Å². The molecule has 0 heterocycles. The van der Waals surface area contributed by atoms with E-state index in [0.29, 0.717) is 22.4 Å². The molecule has 0 radical (unpaired) electrons. The number of ether oxygens (including phenoxy) is 1. The molecule has 78 valence electrons. The van der Waals surface area contributed by atoms with Crippen LogP contribution in [0.25, 0.3) is 0 Å². The van der Waals surface area contributed by atoms with Crippen LogP contribution in [0.1, 0.15) is 25.5 Å². The number of aliphatic hydroxyl groups is 1. The smallest absolute Gasteiger partial charge is 0.172 e. The number of rotatable bonds is 3. The maximum Gasteiger partial charge on any atom is 0.172 e. The fraction of sp³-hybridized carbons (Fsp3) is 0.400. The highest BCUT2D eigenvalue weighted by Gasteiger charge is 2.11. The molecule has 1 atom stereocenters. The third kappa shape index (κ3) is 2.39. The summed E-state index contributed by atoms with van der Waals surface area (Å²) in [5, 5.41) is 19.0. The molecule has 0 fully saturated rings. The largest absolute Gasteiger partial charge is 0.503 e. The summed E-state index contributed by atoms with van der Waals surface area (Å²) >= 11 is 3.19. The Bertz CT molecular complexity index is 323. The van der Waals surface area contributed by atoms with Gasteiger partial charge >= 0.3 is 0 Å². The van der Waals surface area contributed by atoms with E-state index in [9.17, 15) is 10.2 Å². The van der Waals surface area contributed by atoms with Gasteiger partial charge in [-0.2, -0.15) is 0 Å². The molecule has 0 saturated carbocycles. The Morgan fingerprint density at radius 2 is 2.14 bits per heavy atom. The molecule has 0 aliphatic heterocycles. The molecular formula is C10H13BrO3. The highest BCUT2D eigenvalue weighted by molar-refractivity contribution is 9.10. The van der Waals surface area contributed by atoms with Crippen LogP contribution in [0.3, 0.4) is 0 Å². The summed E-state index contributed by atoms with van der Waals surface area (Å²) < 4.78 is 5.74. The van der Waals surface area contributed by atoms with E-state index in [1.807, 2.05) is 6.92 Å². The van der Waals surface area contributed by atoms with Gasteiger partial charge in [0.05, 0.1) is 17.2 Å². The van der Waals surface area contributed by atoms with Crippen molar-refractivity contribution in [1.29, 1.82) is 0 Å². The zero-order valence-corrected chi connectivity index (χ0v) is 9.71. The quantitative estimate of drug-likeness (QED) is 0.879. The molecule has 0 spiro atoms.